The maximum atomic E-state index is 3.83. The molecule has 140 valence electrons. The predicted octanol–water partition coefficient (Wildman–Crippen LogP) is 7.71. The Kier molecular flexibility index (Phi) is 4.10. The molecule has 5 aromatic rings. The molecule has 0 saturated heterocycles. The second-order valence-corrected chi connectivity index (χ2v) is 7.75. The van der Waals surface area contributed by atoms with Crippen LogP contribution in [0.4, 0.5) is 0 Å². The molecule has 0 N–H and O–H groups in total. The summed E-state index contributed by atoms with van der Waals surface area (Å²) in [5, 5.41) is 2.63. The first-order valence-corrected chi connectivity index (χ1v) is 9.99. The largest absolute Gasteiger partial charge is 0.309 e. The summed E-state index contributed by atoms with van der Waals surface area (Å²) in [7, 11) is 0. The molecule has 0 aliphatic heterocycles. The second-order valence-electron chi connectivity index (χ2n) is 7.75. The Morgan fingerprint density at radius 2 is 1.10 bits per heavy atom. The number of rotatable bonds is 3. The molecule has 0 unspecified atom stereocenters. The third-order valence-corrected chi connectivity index (χ3v) is 5.68. The van der Waals surface area contributed by atoms with Gasteiger partial charge in [-0.15, -0.1) is 0 Å². The smallest absolute Gasteiger partial charge is 0.0541 e. The molecule has 0 amide bonds. The van der Waals surface area contributed by atoms with E-state index in [1.54, 1.807) is 0 Å². The van der Waals surface area contributed by atoms with Crippen molar-refractivity contribution >= 4 is 27.9 Å². The van der Waals surface area contributed by atoms with Crippen molar-refractivity contribution in [2.75, 3.05) is 0 Å². The van der Waals surface area contributed by atoms with E-state index < -0.39 is 0 Å². The van der Waals surface area contributed by atoms with Gasteiger partial charge in [-0.3, -0.25) is 0 Å². The van der Waals surface area contributed by atoms with Crippen LogP contribution in [0.1, 0.15) is 16.7 Å². The molecule has 0 saturated carbocycles. The summed E-state index contributed by atoms with van der Waals surface area (Å²) < 4.78 is 2.37. The van der Waals surface area contributed by atoms with E-state index in [4.69, 9.17) is 0 Å². The summed E-state index contributed by atoms with van der Waals surface area (Å²) in [6, 6.07) is 30.8. The van der Waals surface area contributed by atoms with Crippen LogP contribution in [0.2, 0.25) is 0 Å². The fourth-order valence-electron chi connectivity index (χ4n) is 4.14. The molecule has 29 heavy (non-hydrogen) atoms. The lowest BCUT2D eigenvalue weighted by atomic mass is 10.0. The Bertz CT molecular complexity index is 1290. The SMILES string of the molecule is C=Cc1ccc(-c2ccc(-n3c4ccc(C)cc4c4cc(C)ccc43)cc2)cc1. The monoisotopic (exact) mass is 373 g/mol. The summed E-state index contributed by atoms with van der Waals surface area (Å²) in [6.45, 7) is 8.15. The van der Waals surface area contributed by atoms with Gasteiger partial charge in [0, 0.05) is 16.5 Å². The molecule has 1 nitrogen and oxygen atoms in total. The summed E-state index contributed by atoms with van der Waals surface area (Å²) in [5.74, 6) is 0. The zero-order chi connectivity index (χ0) is 20.0. The fourth-order valence-corrected chi connectivity index (χ4v) is 4.14. The van der Waals surface area contributed by atoms with Crippen LogP contribution in [0.15, 0.2) is 91.5 Å². The van der Waals surface area contributed by atoms with E-state index in [1.807, 2.05) is 6.08 Å². The Morgan fingerprint density at radius 3 is 1.59 bits per heavy atom. The molecule has 1 heterocycles. The predicted molar refractivity (Wildman–Crippen MR) is 126 cm³/mol. The molecule has 0 aliphatic carbocycles. The van der Waals surface area contributed by atoms with Crippen molar-refractivity contribution in [2.24, 2.45) is 0 Å². The number of nitrogens with zero attached hydrogens (tertiary/aromatic N) is 1. The lowest BCUT2D eigenvalue weighted by Crippen LogP contribution is -1.93. The quantitative estimate of drug-likeness (QED) is 0.305. The third-order valence-electron chi connectivity index (χ3n) is 5.68. The van der Waals surface area contributed by atoms with Crippen LogP contribution in [-0.2, 0) is 0 Å². The molecule has 0 bridgehead atoms. The molecule has 0 fully saturated rings. The van der Waals surface area contributed by atoms with Crippen molar-refractivity contribution < 1.29 is 0 Å². The molecular formula is C28H23N. The number of fused-ring (bicyclic) bond motifs is 3. The van der Waals surface area contributed by atoms with Gasteiger partial charge in [-0.05, 0) is 66.9 Å². The molecule has 5 rings (SSSR count). The van der Waals surface area contributed by atoms with E-state index in [9.17, 15) is 0 Å². The van der Waals surface area contributed by atoms with E-state index in [-0.39, 0.29) is 0 Å². The Balaban J connectivity index is 1.67. The molecule has 0 atom stereocenters. The van der Waals surface area contributed by atoms with Crippen LogP contribution in [0.3, 0.4) is 0 Å². The number of benzene rings is 4. The first-order chi connectivity index (χ1) is 14.1. The van der Waals surface area contributed by atoms with Crippen LogP contribution in [0, 0.1) is 13.8 Å². The van der Waals surface area contributed by atoms with Gasteiger partial charge in [-0.2, -0.15) is 0 Å². The van der Waals surface area contributed by atoms with Crippen molar-refractivity contribution in [1.29, 1.82) is 0 Å². The van der Waals surface area contributed by atoms with Crippen molar-refractivity contribution in [3.05, 3.63) is 108 Å². The van der Waals surface area contributed by atoms with E-state index in [2.05, 4.69) is 110 Å². The fraction of sp³-hybridized carbons (Fsp3) is 0.0714. The first-order valence-electron chi connectivity index (χ1n) is 9.99. The highest BCUT2D eigenvalue weighted by Crippen LogP contribution is 2.34. The maximum absolute atomic E-state index is 3.83. The highest BCUT2D eigenvalue weighted by atomic mass is 15.0. The van der Waals surface area contributed by atoms with E-state index in [1.165, 1.54) is 49.7 Å². The average Bonchev–Trinajstić information content (AvgIpc) is 3.07. The zero-order valence-corrected chi connectivity index (χ0v) is 16.8. The van der Waals surface area contributed by atoms with Gasteiger partial charge in [-0.25, -0.2) is 0 Å². The number of aromatic nitrogens is 1. The van der Waals surface area contributed by atoms with Crippen LogP contribution in [0.25, 0.3) is 44.7 Å². The molecule has 4 aromatic carbocycles. The summed E-state index contributed by atoms with van der Waals surface area (Å²) in [4.78, 5) is 0. The van der Waals surface area contributed by atoms with Gasteiger partial charge >= 0.3 is 0 Å². The van der Waals surface area contributed by atoms with Gasteiger partial charge in [0.1, 0.15) is 0 Å². The molecule has 1 aromatic heterocycles. The molecule has 1 heteroatoms. The second kappa shape index (κ2) is 6.79. The van der Waals surface area contributed by atoms with Crippen molar-refractivity contribution in [3.63, 3.8) is 0 Å². The number of hydrogen-bond donors (Lipinski definition) is 0. The summed E-state index contributed by atoms with van der Waals surface area (Å²) in [5.41, 5.74) is 9.84. The molecule has 0 spiro atoms. The minimum Gasteiger partial charge on any atom is -0.309 e. The Hall–Kier alpha value is -3.58. The van der Waals surface area contributed by atoms with Gasteiger partial charge in [-0.1, -0.05) is 72.3 Å². The van der Waals surface area contributed by atoms with Gasteiger partial charge in [0.15, 0.2) is 0 Å². The van der Waals surface area contributed by atoms with Crippen molar-refractivity contribution in [3.8, 4) is 16.8 Å². The van der Waals surface area contributed by atoms with Crippen LogP contribution >= 0.6 is 0 Å². The topological polar surface area (TPSA) is 4.93 Å². The lowest BCUT2D eigenvalue weighted by molar-refractivity contribution is 1.18. The van der Waals surface area contributed by atoms with Gasteiger partial charge < -0.3 is 4.57 Å². The highest BCUT2D eigenvalue weighted by molar-refractivity contribution is 6.09. The zero-order valence-electron chi connectivity index (χ0n) is 16.8. The van der Waals surface area contributed by atoms with Crippen molar-refractivity contribution in [1.82, 2.24) is 4.57 Å². The Morgan fingerprint density at radius 1 is 0.621 bits per heavy atom. The third kappa shape index (κ3) is 2.96. The first kappa shape index (κ1) is 17.5. The van der Waals surface area contributed by atoms with Gasteiger partial charge in [0.25, 0.3) is 0 Å². The number of aryl methyl sites for hydroxylation is 2. The Labute approximate surface area is 171 Å². The van der Waals surface area contributed by atoms with E-state index in [0.717, 1.165) is 5.56 Å². The highest BCUT2D eigenvalue weighted by Gasteiger charge is 2.12. The standard InChI is InChI=1S/C28H23N/c1-4-21-7-9-22(10-8-21)23-11-13-24(14-12-23)29-27-15-5-19(2)17-25(27)26-18-20(3)6-16-28(26)29/h4-18H,1H2,2-3H3. The minimum absolute atomic E-state index is 1.14. The number of hydrogen-bond acceptors (Lipinski definition) is 0. The summed E-state index contributed by atoms with van der Waals surface area (Å²) in [6.07, 6.45) is 1.87. The van der Waals surface area contributed by atoms with E-state index >= 15 is 0 Å². The van der Waals surface area contributed by atoms with E-state index in [0.29, 0.717) is 0 Å². The normalized spacial score (nSPS) is 11.2. The maximum Gasteiger partial charge on any atom is 0.0541 e. The summed E-state index contributed by atoms with van der Waals surface area (Å²) >= 11 is 0. The van der Waals surface area contributed by atoms with Crippen LogP contribution < -0.4 is 0 Å². The lowest BCUT2D eigenvalue weighted by Gasteiger charge is -2.10. The average molecular weight is 373 g/mol. The molecule has 0 aliphatic rings. The molecular weight excluding hydrogens is 350 g/mol. The van der Waals surface area contributed by atoms with Crippen LogP contribution in [-0.4, -0.2) is 4.57 Å². The minimum atomic E-state index is 1.14. The molecule has 0 radical (unpaired) electrons. The van der Waals surface area contributed by atoms with Gasteiger partial charge in [0.05, 0.1) is 11.0 Å². The van der Waals surface area contributed by atoms with Crippen molar-refractivity contribution in [2.45, 2.75) is 13.8 Å². The van der Waals surface area contributed by atoms with Crippen LogP contribution in [0.5, 0.6) is 0 Å². The van der Waals surface area contributed by atoms with Gasteiger partial charge in [0.2, 0.25) is 0 Å².